The van der Waals surface area contributed by atoms with Crippen LogP contribution < -0.4 is 0 Å². The standard InChI is InChI=1S/C29H40O9/c1-17-9-11-28-15-35-26(33)25(32)18(2)10-12-34-20(19(3)30)7-5-6-8-24(31)38-21-14-23(37-22(28)13-17)29(16-36-29)27(21,28)4/h5-8,13,18-23,25,30,32H,9-12,14-16H2,1-4H3/b7-5+,8-6-/t18-,19?,20?,21-,22-,23-,25+,27-,28-,29+/m1/s1. The maximum Gasteiger partial charge on any atom is 0.335 e. The summed E-state index contributed by atoms with van der Waals surface area (Å²) >= 11 is 0. The van der Waals surface area contributed by atoms with E-state index in [9.17, 15) is 19.8 Å². The van der Waals surface area contributed by atoms with E-state index in [0.29, 0.717) is 25.9 Å². The van der Waals surface area contributed by atoms with Crippen molar-refractivity contribution in [2.24, 2.45) is 16.7 Å². The fourth-order valence-electron chi connectivity index (χ4n) is 7.04. The largest absolute Gasteiger partial charge is 0.463 e. The van der Waals surface area contributed by atoms with Gasteiger partial charge in [0.15, 0.2) is 6.10 Å². The maximum absolute atomic E-state index is 13.1. The summed E-state index contributed by atoms with van der Waals surface area (Å²) in [4.78, 5) is 26.0. The highest BCUT2D eigenvalue weighted by Gasteiger charge is 2.83. The SMILES string of the molecule is CC1=C[C@H]2O[C@@H]3C[C@H]4OC(=O)/C=C\C=C\C(C(C)O)OCC[C@@H](C)[C@H](O)C(=O)OC[C@@]2(CC1)[C@]4(C)[C@]31CO1. The third kappa shape index (κ3) is 4.36. The van der Waals surface area contributed by atoms with Crippen LogP contribution in [0.25, 0.3) is 0 Å². The van der Waals surface area contributed by atoms with Crippen molar-refractivity contribution in [1.82, 2.24) is 0 Å². The van der Waals surface area contributed by atoms with E-state index >= 15 is 0 Å². The van der Waals surface area contributed by atoms with Crippen molar-refractivity contribution in [1.29, 1.82) is 0 Å². The fourth-order valence-corrected chi connectivity index (χ4v) is 7.04. The molecule has 3 aliphatic heterocycles. The smallest absolute Gasteiger partial charge is 0.335 e. The molecule has 9 nitrogen and oxygen atoms in total. The third-order valence-corrected chi connectivity index (χ3v) is 9.73. The van der Waals surface area contributed by atoms with Crippen LogP contribution in [0, 0.1) is 16.7 Å². The second kappa shape index (κ2) is 10.2. The van der Waals surface area contributed by atoms with Gasteiger partial charge in [-0.25, -0.2) is 9.59 Å². The Morgan fingerprint density at radius 2 is 1.92 bits per heavy atom. The maximum atomic E-state index is 13.1. The number of cyclic esters (lactones) is 1. The van der Waals surface area contributed by atoms with E-state index in [1.165, 1.54) is 11.6 Å². The molecule has 5 aliphatic rings. The van der Waals surface area contributed by atoms with Crippen LogP contribution in [0.5, 0.6) is 0 Å². The predicted octanol–water partition coefficient (Wildman–Crippen LogP) is 2.39. The van der Waals surface area contributed by atoms with E-state index in [-0.39, 0.29) is 25.4 Å². The number of esters is 2. The van der Waals surface area contributed by atoms with Crippen LogP contribution in [0.3, 0.4) is 0 Å². The highest BCUT2D eigenvalue weighted by atomic mass is 16.6. The fraction of sp³-hybridized carbons (Fsp3) is 0.724. The molecule has 5 rings (SSSR count). The topological polar surface area (TPSA) is 124 Å². The minimum Gasteiger partial charge on any atom is -0.463 e. The van der Waals surface area contributed by atoms with E-state index < -0.39 is 58.7 Å². The van der Waals surface area contributed by atoms with Crippen molar-refractivity contribution in [2.75, 3.05) is 19.8 Å². The van der Waals surface area contributed by atoms with Gasteiger partial charge in [-0.05, 0) is 39.0 Å². The quantitative estimate of drug-likeness (QED) is 0.298. The molecule has 38 heavy (non-hydrogen) atoms. The summed E-state index contributed by atoms with van der Waals surface area (Å²) in [6.45, 7) is 8.27. The van der Waals surface area contributed by atoms with Gasteiger partial charge in [0.2, 0.25) is 0 Å². The van der Waals surface area contributed by atoms with Crippen LogP contribution >= 0.6 is 0 Å². The van der Waals surface area contributed by atoms with Crippen molar-refractivity contribution < 1.29 is 43.5 Å². The Balaban J connectivity index is 1.51. The molecule has 0 aromatic carbocycles. The molecule has 10 atom stereocenters. The number of hydrogen-bond acceptors (Lipinski definition) is 9. The average molecular weight is 533 g/mol. The van der Waals surface area contributed by atoms with Gasteiger partial charge in [0.1, 0.15) is 24.4 Å². The number of aliphatic hydroxyl groups excluding tert-OH is 2. The second-order valence-corrected chi connectivity index (χ2v) is 11.9. The van der Waals surface area contributed by atoms with Crippen molar-refractivity contribution in [3.05, 3.63) is 36.0 Å². The summed E-state index contributed by atoms with van der Waals surface area (Å²) in [6, 6.07) is 0. The van der Waals surface area contributed by atoms with Gasteiger partial charge in [0.05, 0.1) is 30.3 Å². The van der Waals surface area contributed by atoms with E-state index in [1.54, 1.807) is 32.1 Å². The van der Waals surface area contributed by atoms with Gasteiger partial charge in [-0.2, -0.15) is 0 Å². The molecule has 2 unspecified atom stereocenters. The average Bonchev–Trinajstić information content (AvgIpc) is 3.65. The summed E-state index contributed by atoms with van der Waals surface area (Å²) in [6.07, 6.45) is 6.89. The van der Waals surface area contributed by atoms with Crippen LogP contribution in [0.4, 0.5) is 0 Å². The normalized spacial score (nSPS) is 48.0. The van der Waals surface area contributed by atoms with E-state index in [2.05, 4.69) is 19.9 Å². The minimum absolute atomic E-state index is 0.0195. The molecule has 3 fully saturated rings. The summed E-state index contributed by atoms with van der Waals surface area (Å²) < 4.78 is 30.4. The molecule has 210 valence electrons. The molecule has 0 amide bonds. The molecule has 0 radical (unpaired) electrons. The molecule has 1 saturated carbocycles. The van der Waals surface area contributed by atoms with Gasteiger partial charge < -0.3 is 33.9 Å². The molecule has 2 aliphatic carbocycles. The lowest BCUT2D eigenvalue weighted by Gasteiger charge is -2.58. The molecular weight excluding hydrogens is 492 g/mol. The number of hydrogen-bond donors (Lipinski definition) is 2. The van der Waals surface area contributed by atoms with Gasteiger partial charge in [-0.15, -0.1) is 0 Å². The Morgan fingerprint density at radius 1 is 1.16 bits per heavy atom. The molecule has 9 heteroatoms. The zero-order valence-electron chi connectivity index (χ0n) is 22.6. The molecule has 2 saturated heterocycles. The molecule has 2 N–H and O–H groups in total. The summed E-state index contributed by atoms with van der Waals surface area (Å²) in [5.74, 6) is -1.60. The van der Waals surface area contributed by atoms with E-state index in [1.807, 2.05) is 0 Å². The molecule has 0 aromatic rings. The number of aliphatic hydroxyl groups is 2. The minimum atomic E-state index is -1.33. The zero-order chi connectivity index (χ0) is 27.3. The Kier molecular flexibility index (Phi) is 7.37. The molecule has 2 bridgehead atoms. The first-order chi connectivity index (χ1) is 18.0. The third-order valence-electron chi connectivity index (χ3n) is 9.73. The highest BCUT2D eigenvalue weighted by Crippen LogP contribution is 2.72. The van der Waals surface area contributed by atoms with Gasteiger partial charge in [-0.3, -0.25) is 0 Å². The Labute approximate surface area is 223 Å². The number of ether oxygens (including phenoxy) is 5. The lowest BCUT2D eigenvalue weighted by molar-refractivity contribution is -0.234. The highest BCUT2D eigenvalue weighted by molar-refractivity contribution is 5.82. The lowest BCUT2D eigenvalue weighted by atomic mass is 9.51. The molecular formula is C29H40O9. The molecule has 2 spiro atoms. The van der Waals surface area contributed by atoms with Crippen LogP contribution in [0.1, 0.15) is 53.4 Å². The van der Waals surface area contributed by atoms with Crippen molar-refractivity contribution in [3.8, 4) is 0 Å². The van der Waals surface area contributed by atoms with E-state index in [4.69, 9.17) is 23.7 Å². The first kappa shape index (κ1) is 27.5. The number of epoxide rings is 1. The zero-order valence-corrected chi connectivity index (χ0v) is 22.6. The molecule has 3 heterocycles. The number of rotatable bonds is 1. The van der Waals surface area contributed by atoms with E-state index in [0.717, 1.165) is 6.42 Å². The van der Waals surface area contributed by atoms with Crippen molar-refractivity contribution in [3.63, 3.8) is 0 Å². The Bertz CT molecular complexity index is 1030. The van der Waals surface area contributed by atoms with Gasteiger partial charge >= 0.3 is 11.9 Å². The monoisotopic (exact) mass is 532 g/mol. The van der Waals surface area contributed by atoms with Crippen molar-refractivity contribution >= 4 is 11.9 Å². The van der Waals surface area contributed by atoms with Crippen LogP contribution in [-0.2, 0) is 33.3 Å². The van der Waals surface area contributed by atoms with Crippen LogP contribution in [0.15, 0.2) is 36.0 Å². The summed E-state index contributed by atoms with van der Waals surface area (Å²) in [5, 5.41) is 20.8. The summed E-state index contributed by atoms with van der Waals surface area (Å²) in [7, 11) is 0. The summed E-state index contributed by atoms with van der Waals surface area (Å²) in [5.41, 5.74) is -0.771. The number of carbonyl (C=O) groups excluding carboxylic acids is 2. The predicted molar refractivity (Wildman–Crippen MR) is 136 cm³/mol. The van der Waals surface area contributed by atoms with Gasteiger partial charge in [0.25, 0.3) is 0 Å². The first-order valence-electron chi connectivity index (χ1n) is 13.7. The second-order valence-electron chi connectivity index (χ2n) is 11.9. The van der Waals surface area contributed by atoms with Crippen LogP contribution in [-0.4, -0.2) is 84.2 Å². The Morgan fingerprint density at radius 3 is 2.63 bits per heavy atom. The van der Waals surface area contributed by atoms with Gasteiger partial charge in [-0.1, -0.05) is 43.7 Å². The number of carbonyl (C=O) groups is 2. The van der Waals surface area contributed by atoms with Gasteiger partial charge in [0, 0.05) is 24.5 Å². The first-order valence-corrected chi connectivity index (χ1v) is 13.7. The molecule has 0 aromatic heterocycles. The van der Waals surface area contributed by atoms with Crippen LogP contribution in [0.2, 0.25) is 0 Å². The number of allylic oxidation sites excluding steroid dienone is 3. The lowest BCUT2D eigenvalue weighted by Crippen LogP contribution is -2.66. The van der Waals surface area contributed by atoms with Crippen molar-refractivity contribution in [2.45, 2.75) is 95.6 Å². The Hall–Kier alpha value is -2.04.